The second-order valence-electron chi connectivity index (χ2n) is 4.11. The lowest BCUT2D eigenvalue weighted by molar-refractivity contribution is 0.0942. The highest BCUT2D eigenvalue weighted by Gasteiger charge is 2.09. The van der Waals surface area contributed by atoms with Gasteiger partial charge in [-0.15, -0.1) is 0 Å². The summed E-state index contributed by atoms with van der Waals surface area (Å²) in [6.07, 6.45) is 7.32. The minimum absolute atomic E-state index is 0.00445. The first-order valence-corrected chi connectivity index (χ1v) is 6.26. The van der Waals surface area contributed by atoms with Crippen LogP contribution in [-0.2, 0) is 0 Å². The van der Waals surface area contributed by atoms with Crippen LogP contribution < -0.4 is 5.32 Å². The van der Waals surface area contributed by atoms with Crippen molar-refractivity contribution in [2.24, 2.45) is 0 Å². The molecule has 0 saturated carbocycles. The van der Waals surface area contributed by atoms with Crippen LogP contribution in [0.2, 0.25) is 0 Å². The lowest BCUT2D eigenvalue weighted by Gasteiger charge is -2.14. The monoisotopic (exact) mass is 231 g/mol. The average molecular weight is 231 g/mol. The Labute approximate surface area is 104 Å². The van der Waals surface area contributed by atoms with Gasteiger partial charge >= 0.3 is 0 Å². The summed E-state index contributed by atoms with van der Waals surface area (Å²) in [4.78, 5) is 11.9. The Morgan fingerprint density at radius 1 is 1.35 bits per heavy atom. The Morgan fingerprint density at radius 2 is 2.06 bits per heavy atom. The van der Waals surface area contributed by atoms with Gasteiger partial charge in [0.15, 0.2) is 0 Å². The molecule has 0 aliphatic heterocycles. The third kappa shape index (κ3) is 4.85. The molecule has 17 heavy (non-hydrogen) atoms. The van der Waals surface area contributed by atoms with E-state index in [0.717, 1.165) is 24.8 Å². The van der Waals surface area contributed by atoms with Gasteiger partial charge < -0.3 is 5.32 Å². The van der Waals surface area contributed by atoms with Crippen molar-refractivity contribution in [2.45, 2.75) is 39.2 Å². The molecule has 0 heterocycles. The van der Waals surface area contributed by atoms with Crippen LogP contribution in [0.4, 0.5) is 0 Å². The molecule has 1 aromatic carbocycles. The van der Waals surface area contributed by atoms with Gasteiger partial charge in [0.1, 0.15) is 0 Å². The summed E-state index contributed by atoms with van der Waals surface area (Å²) in [5.41, 5.74) is 0.721. The topological polar surface area (TPSA) is 29.1 Å². The molecule has 1 N–H and O–H groups in total. The predicted molar refractivity (Wildman–Crippen MR) is 72.0 cm³/mol. The van der Waals surface area contributed by atoms with Crippen molar-refractivity contribution in [1.29, 1.82) is 0 Å². The van der Waals surface area contributed by atoms with Crippen molar-refractivity contribution in [2.75, 3.05) is 0 Å². The standard InChI is InChI=1S/C15H21NO/c1-3-5-12-14(9-4-2)16-15(17)13-10-7-6-8-11-13/h4,6-11,14H,3,5,12H2,1-2H3,(H,16,17). The SMILES string of the molecule is CC=CC(CCCC)NC(=O)c1ccccc1. The van der Waals surface area contributed by atoms with Gasteiger partial charge in [0.05, 0.1) is 0 Å². The van der Waals surface area contributed by atoms with Gasteiger partial charge in [-0.2, -0.15) is 0 Å². The van der Waals surface area contributed by atoms with Crippen molar-refractivity contribution in [3.8, 4) is 0 Å². The maximum Gasteiger partial charge on any atom is 0.251 e. The van der Waals surface area contributed by atoms with Crippen molar-refractivity contribution in [3.63, 3.8) is 0 Å². The van der Waals surface area contributed by atoms with Crippen molar-refractivity contribution >= 4 is 5.91 Å². The zero-order valence-electron chi connectivity index (χ0n) is 10.6. The molecule has 1 unspecified atom stereocenters. The van der Waals surface area contributed by atoms with Gasteiger partial charge in [-0.3, -0.25) is 4.79 Å². The molecule has 1 aromatic rings. The second-order valence-corrected chi connectivity index (χ2v) is 4.11. The summed E-state index contributed by atoms with van der Waals surface area (Å²) in [6.45, 7) is 4.14. The van der Waals surface area contributed by atoms with E-state index in [9.17, 15) is 4.79 Å². The molecular formula is C15H21NO. The quantitative estimate of drug-likeness (QED) is 0.745. The molecule has 2 nitrogen and oxygen atoms in total. The molecule has 1 rings (SSSR count). The van der Waals surface area contributed by atoms with Crippen LogP contribution in [0.25, 0.3) is 0 Å². The van der Waals surface area contributed by atoms with Crippen molar-refractivity contribution < 1.29 is 4.79 Å². The molecule has 0 saturated heterocycles. The van der Waals surface area contributed by atoms with Gasteiger partial charge in [0.25, 0.3) is 5.91 Å². The maximum absolute atomic E-state index is 11.9. The van der Waals surface area contributed by atoms with Crippen LogP contribution in [0.1, 0.15) is 43.5 Å². The van der Waals surface area contributed by atoms with E-state index in [0.29, 0.717) is 0 Å². The first-order chi connectivity index (χ1) is 8.27. The Balaban J connectivity index is 2.58. The number of hydrogen-bond donors (Lipinski definition) is 1. The van der Waals surface area contributed by atoms with Crippen molar-refractivity contribution in [1.82, 2.24) is 5.32 Å². The summed E-state index contributed by atoms with van der Waals surface area (Å²) in [7, 11) is 0. The molecule has 0 fully saturated rings. The van der Waals surface area contributed by atoms with Gasteiger partial charge in [-0.1, -0.05) is 50.1 Å². The Hall–Kier alpha value is -1.57. The summed E-state index contributed by atoms with van der Waals surface area (Å²) < 4.78 is 0. The molecule has 0 spiro atoms. The van der Waals surface area contributed by atoms with E-state index in [1.165, 1.54) is 0 Å². The largest absolute Gasteiger partial charge is 0.346 e. The lowest BCUT2D eigenvalue weighted by atomic mass is 10.1. The molecule has 2 heteroatoms. The predicted octanol–water partition coefficient (Wildman–Crippen LogP) is 3.55. The van der Waals surface area contributed by atoms with Crippen LogP contribution in [-0.4, -0.2) is 11.9 Å². The summed E-state index contributed by atoms with van der Waals surface area (Å²) in [6, 6.07) is 9.49. The van der Waals surface area contributed by atoms with Crippen LogP contribution in [0, 0.1) is 0 Å². The Bertz CT molecular complexity index is 356. The van der Waals surface area contributed by atoms with E-state index in [2.05, 4.69) is 18.3 Å². The maximum atomic E-state index is 11.9. The van der Waals surface area contributed by atoms with E-state index < -0.39 is 0 Å². The minimum atomic E-state index is 0.00445. The molecule has 0 radical (unpaired) electrons. The van der Waals surface area contributed by atoms with E-state index in [4.69, 9.17) is 0 Å². The van der Waals surface area contributed by atoms with E-state index >= 15 is 0 Å². The van der Waals surface area contributed by atoms with Gasteiger partial charge in [-0.25, -0.2) is 0 Å². The molecule has 1 amide bonds. The third-order valence-electron chi connectivity index (χ3n) is 2.65. The third-order valence-corrected chi connectivity index (χ3v) is 2.65. The number of unbranched alkanes of at least 4 members (excludes halogenated alkanes) is 1. The Kier molecular flexibility index (Phi) is 6.08. The Morgan fingerprint density at radius 3 is 2.65 bits per heavy atom. The fourth-order valence-corrected chi connectivity index (χ4v) is 1.71. The summed E-state index contributed by atoms with van der Waals surface area (Å²) in [5.74, 6) is 0.00445. The highest BCUT2D eigenvalue weighted by Crippen LogP contribution is 2.05. The molecule has 92 valence electrons. The number of rotatable bonds is 6. The molecule has 0 aliphatic rings. The lowest BCUT2D eigenvalue weighted by Crippen LogP contribution is -2.33. The number of carbonyl (C=O) groups is 1. The normalized spacial score (nSPS) is 12.6. The highest BCUT2D eigenvalue weighted by molar-refractivity contribution is 5.94. The fourth-order valence-electron chi connectivity index (χ4n) is 1.71. The number of allylic oxidation sites excluding steroid dienone is 1. The number of amides is 1. The summed E-state index contributed by atoms with van der Waals surface area (Å²) in [5, 5.41) is 3.04. The number of hydrogen-bond acceptors (Lipinski definition) is 1. The summed E-state index contributed by atoms with van der Waals surface area (Å²) >= 11 is 0. The van der Waals surface area contributed by atoms with Crippen LogP contribution >= 0.6 is 0 Å². The zero-order valence-corrected chi connectivity index (χ0v) is 10.6. The zero-order chi connectivity index (χ0) is 12.5. The molecule has 0 aromatic heterocycles. The van der Waals surface area contributed by atoms with Crippen LogP contribution in [0.15, 0.2) is 42.5 Å². The van der Waals surface area contributed by atoms with Crippen LogP contribution in [0.3, 0.4) is 0 Å². The fraction of sp³-hybridized carbons (Fsp3) is 0.400. The van der Waals surface area contributed by atoms with Crippen molar-refractivity contribution in [3.05, 3.63) is 48.0 Å². The van der Waals surface area contributed by atoms with Gasteiger partial charge in [-0.05, 0) is 25.5 Å². The van der Waals surface area contributed by atoms with Crippen LogP contribution in [0.5, 0.6) is 0 Å². The highest BCUT2D eigenvalue weighted by atomic mass is 16.1. The van der Waals surface area contributed by atoms with Gasteiger partial charge in [0.2, 0.25) is 0 Å². The van der Waals surface area contributed by atoms with E-state index in [-0.39, 0.29) is 11.9 Å². The minimum Gasteiger partial charge on any atom is -0.346 e. The van der Waals surface area contributed by atoms with E-state index in [1.54, 1.807) is 0 Å². The molecule has 0 aliphatic carbocycles. The first kappa shape index (κ1) is 13.5. The average Bonchev–Trinajstić information content (AvgIpc) is 2.37. The smallest absolute Gasteiger partial charge is 0.251 e. The molecular weight excluding hydrogens is 210 g/mol. The molecule has 1 atom stereocenters. The van der Waals surface area contributed by atoms with Gasteiger partial charge in [0, 0.05) is 11.6 Å². The first-order valence-electron chi connectivity index (χ1n) is 6.26. The number of benzene rings is 1. The second kappa shape index (κ2) is 7.66. The molecule has 0 bridgehead atoms. The van der Waals surface area contributed by atoms with E-state index in [1.807, 2.05) is 43.3 Å². The number of nitrogens with one attached hydrogen (secondary N) is 1. The number of carbonyl (C=O) groups excluding carboxylic acids is 1.